The first-order valence-corrected chi connectivity index (χ1v) is 5.09. The molecule has 1 aliphatic carbocycles. The number of aryl methyl sites for hydroxylation is 1. The van der Waals surface area contributed by atoms with E-state index in [2.05, 4.69) is 15.5 Å². The molecule has 1 heterocycles. The van der Waals surface area contributed by atoms with Crippen molar-refractivity contribution in [2.24, 2.45) is 11.8 Å². The van der Waals surface area contributed by atoms with Crippen LogP contribution < -0.4 is 5.32 Å². The molecule has 0 radical (unpaired) electrons. The summed E-state index contributed by atoms with van der Waals surface area (Å²) in [6.45, 7) is 2.26. The molecular weight excluding hydrogens is 210 g/mol. The number of aromatic amines is 1. The molecule has 1 aromatic rings. The number of aliphatic carboxylic acids is 1. The average molecular weight is 223 g/mol. The van der Waals surface area contributed by atoms with Gasteiger partial charge in [0.05, 0.1) is 18.0 Å². The second kappa shape index (κ2) is 3.96. The smallest absolute Gasteiger partial charge is 0.307 e. The van der Waals surface area contributed by atoms with Crippen LogP contribution in [0.15, 0.2) is 6.20 Å². The molecule has 6 nitrogen and oxygen atoms in total. The van der Waals surface area contributed by atoms with Gasteiger partial charge < -0.3 is 10.4 Å². The lowest BCUT2D eigenvalue weighted by Gasteiger charge is -2.02. The van der Waals surface area contributed by atoms with Gasteiger partial charge in [-0.15, -0.1) is 0 Å². The minimum Gasteiger partial charge on any atom is -0.481 e. The number of H-pyrrole nitrogens is 1. The Morgan fingerprint density at radius 1 is 1.62 bits per heavy atom. The molecule has 0 aliphatic heterocycles. The Kier molecular flexibility index (Phi) is 2.64. The van der Waals surface area contributed by atoms with Crippen molar-refractivity contribution in [3.05, 3.63) is 17.5 Å². The van der Waals surface area contributed by atoms with Gasteiger partial charge in [-0.1, -0.05) is 0 Å². The molecule has 86 valence electrons. The van der Waals surface area contributed by atoms with Crippen LogP contribution in [0.25, 0.3) is 0 Å². The molecule has 2 atom stereocenters. The highest BCUT2D eigenvalue weighted by Crippen LogP contribution is 2.38. The zero-order chi connectivity index (χ0) is 11.7. The highest BCUT2D eigenvalue weighted by molar-refractivity contribution is 5.89. The third kappa shape index (κ3) is 2.05. The lowest BCUT2D eigenvalue weighted by atomic mass is 10.2. The average Bonchev–Trinajstić information content (AvgIpc) is 2.94. The van der Waals surface area contributed by atoms with Crippen molar-refractivity contribution >= 4 is 11.9 Å². The molecule has 3 N–H and O–H groups in total. The van der Waals surface area contributed by atoms with Crippen LogP contribution in [0.1, 0.15) is 17.7 Å². The van der Waals surface area contributed by atoms with Gasteiger partial charge in [-0.25, -0.2) is 0 Å². The maximum absolute atomic E-state index is 11.5. The standard InChI is InChI=1S/C10H13N3O3/c1-5-6(4-12-13-5)3-11-9(14)7-2-8(7)10(15)16/h4,7-8H,2-3H2,1H3,(H,11,14)(H,12,13)(H,15,16)/t7-,8+/m1/s1. The lowest BCUT2D eigenvalue weighted by Crippen LogP contribution is -2.26. The van der Waals surface area contributed by atoms with E-state index in [1.165, 1.54) is 0 Å². The molecular formula is C10H13N3O3. The normalized spacial score (nSPS) is 22.8. The number of hydrogen-bond acceptors (Lipinski definition) is 3. The zero-order valence-electron chi connectivity index (χ0n) is 8.86. The van der Waals surface area contributed by atoms with Gasteiger partial charge in [0.2, 0.25) is 5.91 Å². The number of nitrogens with one attached hydrogen (secondary N) is 2. The van der Waals surface area contributed by atoms with Crippen molar-refractivity contribution in [3.63, 3.8) is 0 Å². The molecule has 6 heteroatoms. The van der Waals surface area contributed by atoms with Crippen LogP contribution >= 0.6 is 0 Å². The van der Waals surface area contributed by atoms with E-state index in [4.69, 9.17) is 5.11 Å². The van der Waals surface area contributed by atoms with Crippen LogP contribution in [0.5, 0.6) is 0 Å². The molecule has 1 aromatic heterocycles. The van der Waals surface area contributed by atoms with Crippen molar-refractivity contribution in [2.75, 3.05) is 0 Å². The third-order valence-corrected chi connectivity index (χ3v) is 2.83. The molecule has 0 bridgehead atoms. The molecule has 1 saturated carbocycles. The first-order valence-electron chi connectivity index (χ1n) is 5.09. The van der Waals surface area contributed by atoms with Crippen LogP contribution in [0.4, 0.5) is 0 Å². The Morgan fingerprint density at radius 3 is 2.88 bits per heavy atom. The Balaban J connectivity index is 1.82. The minimum atomic E-state index is -0.889. The second-order valence-electron chi connectivity index (χ2n) is 4.02. The number of amides is 1. The predicted octanol–water partition coefficient (Wildman–Crippen LogP) is 0.0550. The fourth-order valence-electron chi connectivity index (χ4n) is 1.63. The maximum atomic E-state index is 11.5. The summed E-state index contributed by atoms with van der Waals surface area (Å²) >= 11 is 0. The Morgan fingerprint density at radius 2 is 2.38 bits per heavy atom. The van der Waals surface area contributed by atoms with Gasteiger partial charge in [-0.05, 0) is 13.3 Å². The Hall–Kier alpha value is -1.85. The number of aromatic nitrogens is 2. The largest absolute Gasteiger partial charge is 0.481 e. The topological polar surface area (TPSA) is 95.1 Å². The van der Waals surface area contributed by atoms with Crippen LogP contribution in [-0.4, -0.2) is 27.2 Å². The fourth-order valence-corrected chi connectivity index (χ4v) is 1.63. The SMILES string of the molecule is Cc1[nH]ncc1CNC(=O)[C@@H]1C[C@@H]1C(=O)O. The minimum absolute atomic E-state index is 0.187. The molecule has 1 aliphatic rings. The van der Waals surface area contributed by atoms with Crippen molar-refractivity contribution in [1.82, 2.24) is 15.5 Å². The van der Waals surface area contributed by atoms with Crippen molar-refractivity contribution in [2.45, 2.75) is 19.9 Å². The van der Waals surface area contributed by atoms with Crippen LogP contribution in [0.3, 0.4) is 0 Å². The number of hydrogen-bond donors (Lipinski definition) is 3. The molecule has 0 unspecified atom stereocenters. The van der Waals surface area contributed by atoms with Crippen LogP contribution in [0, 0.1) is 18.8 Å². The third-order valence-electron chi connectivity index (χ3n) is 2.83. The van der Waals surface area contributed by atoms with E-state index in [0.29, 0.717) is 13.0 Å². The summed E-state index contributed by atoms with van der Waals surface area (Å²) in [6, 6.07) is 0. The number of carboxylic acids is 1. The first kappa shape index (κ1) is 10.7. The monoisotopic (exact) mass is 223 g/mol. The molecule has 1 fully saturated rings. The maximum Gasteiger partial charge on any atom is 0.307 e. The fraction of sp³-hybridized carbons (Fsp3) is 0.500. The molecule has 0 spiro atoms. The highest BCUT2D eigenvalue weighted by atomic mass is 16.4. The summed E-state index contributed by atoms with van der Waals surface area (Å²) in [7, 11) is 0. The van der Waals surface area contributed by atoms with E-state index in [-0.39, 0.29) is 11.8 Å². The summed E-state index contributed by atoms with van der Waals surface area (Å²) in [6.07, 6.45) is 2.10. The molecule has 16 heavy (non-hydrogen) atoms. The number of carbonyl (C=O) groups is 2. The van der Waals surface area contributed by atoms with Crippen molar-refractivity contribution in [3.8, 4) is 0 Å². The van der Waals surface area contributed by atoms with Gasteiger partial charge in [0.15, 0.2) is 0 Å². The molecule has 1 amide bonds. The van der Waals surface area contributed by atoms with Gasteiger partial charge in [0.1, 0.15) is 0 Å². The van der Waals surface area contributed by atoms with Gasteiger partial charge in [0.25, 0.3) is 0 Å². The number of rotatable bonds is 4. The van der Waals surface area contributed by atoms with Gasteiger partial charge in [-0.3, -0.25) is 14.7 Å². The van der Waals surface area contributed by atoms with Crippen LogP contribution in [-0.2, 0) is 16.1 Å². The Bertz CT molecular complexity index is 427. The van der Waals surface area contributed by atoms with Crippen molar-refractivity contribution < 1.29 is 14.7 Å². The number of carboxylic acid groups (broad SMARTS) is 1. The summed E-state index contributed by atoms with van der Waals surface area (Å²) < 4.78 is 0. The summed E-state index contributed by atoms with van der Waals surface area (Å²) in [5, 5.41) is 18.0. The van der Waals surface area contributed by atoms with Gasteiger partial charge in [-0.2, -0.15) is 5.10 Å². The van der Waals surface area contributed by atoms with E-state index in [0.717, 1.165) is 11.3 Å². The molecule has 0 saturated heterocycles. The van der Waals surface area contributed by atoms with Crippen LogP contribution in [0.2, 0.25) is 0 Å². The van der Waals surface area contributed by atoms with E-state index < -0.39 is 11.9 Å². The van der Waals surface area contributed by atoms with E-state index in [9.17, 15) is 9.59 Å². The highest BCUT2D eigenvalue weighted by Gasteiger charge is 2.48. The summed E-state index contributed by atoms with van der Waals surface area (Å²) in [5.41, 5.74) is 1.83. The van der Waals surface area contributed by atoms with Gasteiger partial charge in [0, 0.05) is 17.8 Å². The predicted molar refractivity (Wildman–Crippen MR) is 54.4 cm³/mol. The second-order valence-corrected chi connectivity index (χ2v) is 4.02. The lowest BCUT2D eigenvalue weighted by molar-refractivity contribution is -0.140. The number of nitrogens with zero attached hydrogens (tertiary/aromatic N) is 1. The zero-order valence-corrected chi connectivity index (χ0v) is 8.86. The van der Waals surface area contributed by atoms with Crippen molar-refractivity contribution in [1.29, 1.82) is 0 Å². The Labute approximate surface area is 92.0 Å². The van der Waals surface area contributed by atoms with E-state index in [1.54, 1.807) is 6.20 Å². The molecule has 0 aromatic carbocycles. The van der Waals surface area contributed by atoms with E-state index >= 15 is 0 Å². The quantitative estimate of drug-likeness (QED) is 0.672. The van der Waals surface area contributed by atoms with E-state index in [1.807, 2.05) is 6.92 Å². The summed E-state index contributed by atoms with van der Waals surface area (Å²) in [5.74, 6) is -1.93. The number of carbonyl (C=O) groups excluding carboxylic acids is 1. The molecule has 2 rings (SSSR count). The van der Waals surface area contributed by atoms with Gasteiger partial charge >= 0.3 is 5.97 Å². The first-order chi connectivity index (χ1) is 7.59. The summed E-state index contributed by atoms with van der Waals surface area (Å²) in [4.78, 5) is 22.1.